The van der Waals surface area contributed by atoms with Gasteiger partial charge in [0.05, 0.1) is 11.3 Å². The molecule has 0 bridgehead atoms. The first kappa shape index (κ1) is 20.2. The van der Waals surface area contributed by atoms with Gasteiger partial charge in [-0.05, 0) is 31.0 Å². The number of nitrogens with one attached hydrogen (secondary N) is 2. The molecule has 156 valence electrons. The van der Waals surface area contributed by atoms with Crippen LogP contribution >= 0.6 is 0 Å². The van der Waals surface area contributed by atoms with Gasteiger partial charge in [-0.15, -0.1) is 0 Å². The Morgan fingerprint density at radius 2 is 1.60 bits per heavy atom. The lowest BCUT2D eigenvalue weighted by Gasteiger charge is -2.23. The van der Waals surface area contributed by atoms with Gasteiger partial charge in [-0.3, -0.25) is 0 Å². The van der Waals surface area contributed by atoms with Crippen LogP contribution in [0.3, 0.4) is 0 Å². The van der Waals surface area contributed by atoms with E-state index in [1.807, 2.05) is 30.3 Å². The van der Waals surface area contributed by atoms with Gasteiger partial charge in [-0.1, -0.05) is 55.7 Å². The quantitative estimate of drug-likeness (QED) is 0.493. The zero-order chi connectivity index (χ0) is 21.0. The molecule has 0 unspecified atom stereocenters. The number of rotatable bonds is 5. The molecule has 2 aromatic carbocycles. The minimum absolute atomic E-state index is 0.311. The van der Waals surface area contributed by atoms with E-state index in [1.54, 1.807) is 12.1 Å². The van der Waals surface area contributed by atoms with Crippen LogP contribution < -0.4 is 10.6 Å². The third-order valence-corrected chi connectivity index (χ3v) is 5.20. The van der Waals surface area contributed by atoms with E-state index < -0.39 is 11.7 Å². The van der Waals surface area contributed by atoms with Crippen LogP contribution in [0.25, 0.3) is 11.3 Å². The number of alkyl halides is 3. The van der Waals surface area contributed by atoms with Crippen molar-refractivity contribution in [3.63, 3.8) is 0 Å². The Hall–Kier alpha value is -3.09. The molecule has 7 heteroatoms. The lowest BCUT2D eigenvalue weighted by atomic mass is 9.96. The first-order valence-corrected chi connectivity index (χ1v) is 10.1. The van der Waals surface area contributed by atoms with Crippen molar-refractivity contribution >= 4 is 17.5 Å². The molecule has 0 spiro atoms. The van der Waals surface area contributed by atoms with Crippen molar-refractivity contribution in [1.29, 1.82) is 0 Å². The van der Waals surface area contributed by atoms with Gasteiger partial charge in [-0.25, -0.2) is 4.98 Å². The SMILES string of the molecule is FC(F)(F)c1cccc(Nc2cc(-c3ccccc3)nc(NC3CCCCC3)n2)c1. The summed E-state index contributed by atoms with van der Waals surface area (Å²) in [7, 11) is 0. The summed E-state index contributed by atoms with van der Waals surface area (Å²) in [5.74, 6) is 0.930. The molecule has 0 saturated heterocycles. The van der Waals surface area contributed by atoms with E-state index in [-0.39, 0.29) is 0 Å². The fourth-order valence-electron chi connectivity index (χ4n) is 3.68. The highest BCUT2D eigenvalue weighted by molar-refractivity contribution is 5.67. The van der Waals surface area contributed by atoms with Crippen LogP contribution in [0.5, 0.6) is 0 Å². The van der Waals surface area contributed by atoms with Crippen molar-refractivity contribution in [1.82, 2.24) is 9.97 Å². The van der Waals surface area contributed by atoms with Crippen LogP contribution in [0.15, 0.2) is 60.7 Å². The average molecular weight is 412 g/mol. The maximum atomic E-state index is 13.1. The second kappa shape index (κ2) is 8.73. The Kier molecular flexibility index (Phi) is 5.88. The van der Waals surface area contributed by atoms with Gasteiger partial charge in [0.25, 0.3) is 0 Å². The molecule has 4 rings (SSSR count). The Balaban J connectivity index is 1.65. The van der Waals surface area contributed by atoms with Crippen LogP contribution in [0.4, 0.5) is 30.6 Å². The Morgan fingerprint density at radius 1 is 0.833 bits per heavy atom. The molecule has 1 saturated carbocycles. The molecule has 1 aromatic heterocycles. The van der Waals surface area contributed by atoms with E-state index in [1.165, 1.54) is 25.3 Å². The molecule has 2 N–H and O–H groups in total. The Bertz CT molecular complexity index is 983. The van der Waals surface area contributed by atoms with Gasteiger partial charge in [0, 0.05) is 23.4 Å². The normalized spacial score (nSPS) is 15.0. The molecule has 0 atom stereocenters. The average Bonchev–Trinajstić information content (AvgIpc) is 2.74. The third kappa shape index (κ3) is 5.09. The lowest BCUT2D eigenvalue weighted by Crippen LogP contribution is -2.23. The van der Waals surface area contributed by atoms with E-state index in [0.29, 0.717) is 29.2 Å². The molecule has 0 radical (unpaired) electrons. The van der Waals surface area contributed by atoms with Crippen LogP contribution in [-0.2, 0) is 6.18 Å². The topological polar surface area (TPSA) is 49.8 Å². The van der Waals surface area contributed by atoms with E-state index in [9.17, 15) is 13.2 Å². The minimum atomic E-state index is -4.40. The summed E-state index contributed by atoms with van der Waals surface area (Å²) in [5, 5.41) is 6.42. The molecule has 1 aliphatic rings. The largest absolute Gasteiger partial charge is 0.416 e. The number of hydrogen-bond acceptors (Lipinski definition) is 4. The summed E-state index contributed by atoms with van der Waals surface area (Å²) < 4.78 is 39.2. The van der Waals surface area contributed by atoms with Gasteiger partial charge in [0.1, 0.15) is 5.82 Å². The van der Waals surface area contributed by atoms with Gasteiger partial charge >= 0.3 is 6.18 Å². The Morgan fingerprint density at radius 3 is 2.33 bits per heavy atom. The van der Waals surface area contributed by atoms with Crippen LogP contribution in [-0.4, -0.2) is 16.0 Å². The maximum absolute atomic E-state index is 13.1. The molecule has 0 aliphatic heterocycles. The fraction of sp³-hybridized carbons (Fsp3) is 0.304. The van der Waals surface area contributed by atoms with Crippen molar-refractivity contribution in [3.8, 4) is 11.3 Å². The molecular weight excluding hydrogens is 389 g/mol. The van der Waals surface area contributed by atoms with Crippen LogP contribution in [0.1, 0.15) is 37.7 Å². The number of benzene rings is 2. The molecule has 30 heavy (non-hydrogen) atoms. The zero-order valence-corrected chi connectivity index (χ0v) is 16.4. The van der Waals surface area contributed by atoms with Crippen molar-refractivity contribution < 1.29 is 13.2 Å². The highest BCUT2D eigenvalue weighted by Gasteiger charge is 2.30. The highest BCUT2D eigenvalue weighted by atomic mass is 19.4. The number of anilines is 3. The van der Waals surface area contributed by atoms with E-state index >= 15 is 0 Å². The summed E-state index contributed by atoms with van der Waals surface area (Å²) >= 11 is 0. The molecule has 1 aliphatic carbocycles. The van der Waals surface area contributed by atoms with Gasteiger partial charge in [-0.2, -0.15) is 18.2 Å². The zero-order valence-electron chi connectivity index (χ0n) is 16.4. The predicted octanol–water partition coefficient (Wildman–Crippen LogP) is 6.65. The molecule has 4 nitrogen and oxygen atoms in total. The smallest absolute Gasteiger partial charge is 0.351 e. The first-order valence-electron chi connectivity index (χ1n) is 10.1. The van der Waals surface area contributed by atoms with Crippen molar-refractivity contribution in [2.75, 3.05) is 10.6 Å². The van der Waals surface area contributed by atoms with E-state index in [0.717, 1.165) is 30.5 Å². The summed E-state index contributed by atoms with van der Waals surface area (Å²) in [6, 6.07) is 16.8. The van der Waals surface area contributed by atoms with Crippen molar-refractivity contribution in [2.45, 2.75) is 44.3 Å². The monoisotopic (exact) mass is 412 g/mol. The van der Waals surface area contributed by atoms with Gasteiger partial charge < -0.3 is 10.6 Å². The minimum Gasteiger partial charge on any atom is -0.351 e. The number of aromatic nitrogens is 2. The molecule has 1 heterocycles. The predicted molar refractivity (Wildman–Crippen MR) is 113 cm³/mol. The van der Waals surface area contributed by atoms with E-state index in [2.05, 4.69) is 20.6 Å². The van der Waals surface area contributed by atoms with E-state index in [4.69, 9.17) is 0 Å². The second-order valence-corrected chi connectivity index (χ2v) is 7.51. The summed E-state index contributed by atoms with van der Waals surface area (Å²) in [4.78, 5) is 9.18. The van der Waals surface area contributed by atoms with Crippen LogP contribution in [0.2, 0.25) is 0 Å². The third-order valence-electron chi connectivity index (χ3n) is 5.20. The molecular formula is C23H23F3N4. The number of hydrogen-bond donors (Lipinski definition) is 2. The molecule has 1 fully saturated rings. The van der Waals surface area contributed by atoms with Gasteiger partial charge in [0.2, 0.25) is 5.95 Å². The van der Waals surface area contributed by atoms with Crippen LogP contribution in [0, 0.1) is 0 Å². The second-order valence-electron chi connectivity index (χ2n) is 7.51. The van der Waals surface area contributed by atoms with Crippen molar-refractivity contribution in [2.24, 2.45) is 0 Å². The van der Waals surface area contributed by atoms with Crippen molar-refractivity contribution in [3.05, 3.63) is 66.2 Å². The first-order chi connectivity index (χ1) is 14.5. The summed E-state index contributed by atoms with van der Waals surface area (Å²) in [6.45, 7) is 0. The highest BCUT2D eigenvalue weighted by Crippen LogP contribution is 2.32. The molecule has 0 amide bonds. The number of halogens is 3. The lowest BCUT2D eigenvalue weighted by molar-refractivity contribution is -0.137. The maximum Gasteiger partial charge on any atom is 0.416 e. The fourth-order valence-corrected chi connectivity index (χ4v) is 3.68. The Labute approximate surface area is 173 Å². The standard InChI is InChI=1S/C23H23F3N4/c24-23(25,26)17-10-7-13-19(14-17)27-21-15-20(16-8-3-1-4-9-16)29-22(30-21)28-18-11-5-2-6-12-18/h1,3-4,7-10,13-15,18H,2,5-6,11-12H2,(H2,27,28,29,30). The summed E-state index contributed by atoms with van der Waals surface area (Å²) in [6.07, 6.45) is 1.32. The van der Waals surface area contributed by atoms with Gasteiger partial charge in [0.15, 0.2) is 0 Å². The number of nitrogens with zero attached hydrogens (tertiary/aromatic N) is 2. The summed E-state index contributed by atoms with van der Waals surface area (Å²) in [5.41, 5.74) is 1.24. The molecule has 3 aromatic rings.